The number of benzene rings is 2. The number of hydrogen-bond donors (Lipinski definition) is 1. The van der Waals surface area contributed by atoms with E-state index in [1.165, 1.54) is 12.0 Å². The van der Waals surface area contributed by atoms with Crippen LogP contribution in [0.1, 0.15) is 18.9 Å². The number of para-hydroxylation sites is 1. The Labute approximate surface area is 125 Å². The molecule has 3 heteroatoms. The van der Waals surface area contributed by atoms with E-state index in [4.69, 9.17) is 0 Å². The van der Waals surface area contributed by atoms with E-state index in [9.17, 15) is 0 Å². The summed E-state index contributed by atoms with van der Waals surface area (Å²) in [5.41, 5.74) is 3.52. The summed E-state index contributed by atoms with van der Waals surface area (Å²) in [6, 6.07) is 18.7. The van der Waals surface area contributed by atoms with Crippen LogP contribution in [0.4, 0.5) is 11.6 Å². The second-order valence-corrected chi connectivity index (χ2v) is 5.03. The van der Waals surface area contributed by atoms with Gasteiger partial charge in [0.25, 0.3) is 0 Å². The Balaban J connectivity index is 1.81. The van der Waals surface area contributed by atoms with E-state index in [2.05, 4.69) is 53.6 Å². The molecule has 2 aromatic carbocycles. The van der Waals surface area contributed by atoms with Gasteiger partial charge in [-0.25, -0.2) is 4.98 Å². The Hall–Kier alpha value is -2.55. The molecule has 1 heterocycles. The number of nitrogens with one attached hydrogen (secondary N) is 1. The van der Waals surface area contributed by atoms with Crippen molar-refractivity contribution in [2.24, 2.45) is 0 Å². The van der Waals surface area contributed by atoms with Crippen LogP contribution in [0.2, 0.25) is 0 Å². The highest BCUT2D eigenvalue weighted by atomic mass is 15.2. The molecule has 0 saturated carbocycles. The summed E-state index contributed by atoms with van der Waals surface area (Å²) in [7, 11) is 0. The fourth-order valence-electron chi connectivity index (χ4n) is 2.37. The predicted molar refractivity (Wildman–Crippen MR) is 87.3 cm³/mol. The Bertz CT molecular complexity index is 684. The molecule has 0 aliphatic rings. The molecule has 0 aliphatic heterocycles. The van der Waals surface area contributed by atoms with Crippen molar-refractivity contribution in [3.8, 4) is 5.69 Å². The van der Waals surface area contributed by atoms with Gasteiger partial charge in [0.05, 0.1) is 0 Å². The summed E-state index contributed by atoms with van der Waals surface area (Å²) in [5.74, 6) is 0.824. The molecule has 0 fully saturated rings. The smallest absolute Gasteiger partial charge is 0.211 e. The highest BCUT2D eigenvalue weighted by Crippen LogP contribution is 2.19. The van der Waals surface area contributed by atoms with Gasteiger partial charge in [0.1, 0.15) is 0 Å². The molecule has 3 nitrogen and oxygen atoms in total. The zero-order valence-electron chi connectivity index (χ0n) is 12.2. The quantitative estimate of drug-likeness (QED) is 0.740. The first-order valence-corrected chi connectivity index (χ1v) is 7.31. The van der Waals surface area contributed by atoms with Crippen LogP contribution in [0.3, 0.4) is 0 Å². The van der Waals surface area contributed by atoms with E-state index in [0.29, 0.717) is 0 Å². The minimum atomic E-state index is 0.824. The second-order valence-electron chi connectivity index (χ2n) is 5.03. The van der Waals surface area contributed by atoms with Crippen LogP contribution >= 0.6 is 0 Å². The maximum atomic E-state index is 4.40. The number of imidazole rings is 1. The molecule has 3 aromatic rings. The first-order valence-electron chi connectivity index (χ1n) is 7.31. The molecule has 1 N–H and O–H groups in total. The van der Waals surface area contributed by atoms with Gasteiger partial charge in [0.2, 0.25) is 5.95 Å². The van der Waals surface area contributed by atoms with Crippen molar-refractivity contribution in [2.75, 3.05) is 5.32 Å². The molecule has 0 atom stereocenters. The Kier molecular flexibility index (Phi) is 4.01. The van der Waals surface area contributed by atoms with Crippen molar-refractivity contribution in [2.45, 2.75) is 19.8 Å². The number of aromatic nitrogens is 2. The van der Waals surface area contributed by atoms with Crippen LogP contribution in [-0.2, 0) is 6.42 Å². The van der Waals surface area contributed by atoms with Crippen LogP contribution in [0.5, 0.6) is 0 Å². The van der Waals surface area contributed by atoms with E-state index in [1.54, 1.807) is 6.20 Å². The highest BCUT2D eigenvalue weighted by Gasteiger charge is 2.04. The van der Waals surface area contributed by atoms with Crippen molar-refractivity contribution < 1.29 is 0 Å². The molecule has 0 bridgehead atoms. The fourth-order valence-corrected chi connectivity index (χ4v) is 2.37. The molecule has 0 aliphatic carbocycles. The number of anilines is 2. The fraction of sp³-hybridized carbons (Fsp3) is 0.167. The number of aryl methyl sites for hydroxylation is 1. The topological polar surface area (TPSA) is 29.9 Å². The lowest BCUT2D eigenvalue weighted by Crippen LogP contribution is -2.01. The standard InChI is InChI=1S/C18H19N3/c1-2-6-15-9-11-16(12-10-15)20-18-19-13-14-21(18)17-7-4-3-5-8-17/h3-5,7-14H,2,6H2,1H3,(H,19,20). The van der Waals surface area contributed by atoms with Crippen LogP contribution in [0.15, 0.2) is 67.0 Å². The third-order valence-corrected chi connectivity index (χ3v) is 3.42. The summed E-state index contributed by atoms with van der Waals surface area (Å²) in [6.45, 7) is 2.20. The first-order chi connectivity index (χ1) is 10.4. The summed E-state index contributed by atoms with van der Waals surface area (Å²) >= 11 is 0. The van der Waals surface area contributed by atoms with Crippen molar-refractivity contribution in [1.82, 2.24) is 9.55 Å². The van der Waals surface area contributed by atoms with E-state index in [1.807, 2.05) is 29.0 Å². The average Bonchev–Trinajstić information content (AvgIpc) is 2.98. The third kappa shape index (κ3) is 3.14. The SMILES string of the molecule is CCCc1ccc(Nc2nccn2-c2ccccc2)cc1. The Morgan fingerprint density at radius 1 is 1.00 bits per heavy atom. The van der Waals surface area contributed by atoms with Crippen LogP contribution < -0.4 is 5.32 Å². The number of hydrogen-bond acceptors (Lipinski definition) is 2. The average molecular weight is 277 g/mol. The third-order valence-electron chi connectivity index (χ3n) is 3.42. The minimum absolute atomic E-state index is 0.824. The van der Waals surface area contributed by atoms with E-state index < -0.39 is 0 Å². The van der Waals surface area contributed by atoms with Crippen molar-refractivity contribution in [1.29, 1.82) is 0 Å². The zero-order chi connectivity index (χ0) is 14.5. The van der Waals surface area contributed by atoms with Crippen LogP contribution in [-0.4, -0.2) is 9.55 Å². The van der Waals surface area contributed by atoms with Gasteiger partial charge in [-0.05, 0) is 36.2 Å². The summed E-state index contributed by atoms with van der Waals surface area (Å²) < 4.78 is 2.04. The Morgan fingerprint density at radius 2 is 1.76 bits per heavy atom. The van der Waals surface area contributed by atoms with Crippen LogP contribution in [0.25, 0.3) is 5.69 Å². The monoisotopic (exact) mass is 277 g/mol. The van der Waals surface area contributed by atoms with Gasteiger partial charge in [0.15, 0.2) is 0 Å². The molecule has 0 amide bonds. The van der Waals surface area contributed by atoms with Crippen LogP contribution in [0, 0.1) is 0 Å². The molecule has 0 saturated heterocycles. The van der Waals surface area contributed by atoms with Gasteiger partial charge in [-0.15, -0.1) is 0 Å². The van der Waals surface area contributed by atoms with Gasteiger partial charge in [-0.3, -0.25) is 4.57 Å². The molecule has 3 rings (SSSR count). The molecule has 0 spiro atoms. The largest absolute Gasteiger partial charge is 0.325 e. The van der Waals surface area contributed by atoms with Crippen molar-refractivity contribution in [3.05, 3.63) is 72.6 Å². The lowest BCUT2D eigenvalue weighted by atomic mass is 10.1. The number of nitrogens with zero attached hydrogens (tertiary/aromatic N) is 2. The maximum Gasteiger partial charge on any atom is 0.211 e. The van der Waals surface area contributed by atoms with E-state index >= 15 is 0 Å². The summed E-state index contributed by atoms with van der Waals surface area (Å²) in [5, 5.41) is 3.37. The van der Waals surface area contributed by atoms with Crippen molar-refractivity contribution >= 4 is 11.6 Å². The van der Waals surface area contributed by atoms with E-state index in [0.717, 1.165) is 23.7 Å². The summed E-state index contributed by atoms with van der Waals surface area (Å²) in [4.78, 5) is 4.40. The van der Waals surface area contributed by atoms with Gasteiger partial charge < -0.3 is 5.32 Å². The van der Waals surface area contributed by atoms with E-state index in [-0.39, 0.29) is 0 Å². The van der Waals surface area contributed by atoms with Gasteiger partial charge in [-0.2, -0.15) is 0 Å². The highest BCUT2D eigenvalue weighted by molar-refractivity contribution is 5.56. The number of rotatable bonds is 5. The second kappa shape index (κ2) is 6.27. The molecule has 0 radical (unpaired) electrons. The lowest BCUT2D eigenvalue weighted by Gasteiger charge is -2.10. The minimum Gasteiger partial charge on any atom is -0.325 e. The maximum absolute atomic E-state index is 4.40. The molecule has 106 valence electrons. The van der Waals surface area contributed by atoms with Crippen molar-refractivity contribution in [3.63, 3.8) is 0 Å². The predicted octanol–water partition coefficient (Wildman–Crippen LogP) is 4.57. The molecule has 1 aromatic heterocycles. The molecular weight excluding hydrogens is 258 g/mol. The van der Waals surface area contributed by atoms with Gasteiger partial charge in [-0.1, -0.05) is 43.7 Å². The lowest BCUT2D eigenvalue weighted by molar-refractivity contribution is 0.922. The molecular formula is C18H19N3. The Morgan fingerprint density at radius 3 is 2.48 bits per heavy atom. The van der Waals surface area contributed by atoms with Gasteiger partial charge >= 0.3 is 0 Å². The normalized spacial score (nSPS) is 10.5. The summed E-state index contributed by atoms with van der Waals surface area (Å²) in [6.07, 6.45) is 6.06. The molecule has 21 heavy (non-hydrogen) atoms. The van der Waals surface area contributed by atoms with Gasteiger partial charge in [0, 0.05) is 23.8 Å². The first kappa shape index (κ1) is 13.4. The molecule has 0 unspecified atom stereocenters. The zero-order valence-corrected chi connectivity index (χ0v) is 12.2.